The van der Waals surface area contributed by atoms with Crippen LogP contribution in [0, 0.1) is 11.6 Å². The van der Waals surface area contributed by atoms with Crippen molar-refractivity contribution in [1.29, 1.82) is 0 Å². The Balaban J connectivity index is 1.93. The van der Waals surface area contributed by atoms with E-state index in [1.165, 1.54) is 6.08 Å². The maximum absolute atomic E-state index is 13.5. The van der Waals surface area contributed by atoms with Crippen LogP contribution < -0.4 is 5.32 Å². The molecule has 0 spiro atoms. The van der Waals surface area contributed by atoms with Crippen molar-refractivity contribution < 1.29 is 33.6 Å². The Morgan fingerprint density at radius 2 is 2.15 bits per heavy atom. The quantitative estimate of drug-likeness (QED) is 0.550. The van der Waals surface area contributed by atoms with Crippen LogP contribution in [0.2, 0.25) is 0 Å². The number of rotatable bonds is 8. The minimum absolute atomic E-state index is 0.0974. The van der Waals surface area contributed by atoms with Crippen LogP contribution in [0.25, 0.3) is 6.08 Å². The van der Waals surface area contributed by atoms with Gasteiger partial charge in [0, 0.05) is 24.6 Å². The molecule has 2 rings (SSSR count). The van der Waals surface area contributed by atoms with E-state index in [0.29, 0.717) is 19.4 Å². The van der Waals surface area contributed by atoms with E-state index < -0.39 is 42.5 Å². The van der Waals surface area contributed by atoms with E-state index in [0.717, 1.165) is 18.2 Å². The molecule has 0 aromatic heterocycles. The van der Waals surface area contributed by atoms with Gasteiger partial charge in [0.1, 0.15) is 11.6 Å². The Bertz CT molecular complexity index is 640. The highest BCUT2D eigenvalue weighted by atomic mass is 19.1. The van der Waals surface area contributed by atoms with E-state index in [2.05, 4.69) is 5.32 Å². The highest BCUT2D eigenvalue weighted by molar-refractivity contribution is 5.72. The average Bonchev–Trinajstić information content (AvgIpc) is 2.62. The largest absolute Gasteiger partial charge is 0.479 e. The summed E-state index contributed by atoms with van der Waals surface area (Å²) in [6.45, 7) is -0.115. The zero-order chi connectivity index (χ0) is 19.1. The summed E-state index contributed by atoms with van der Waals surface area (Å²) in [4.78, 5) is 11.1. The Morgan fingerprint density at radius 1 is 1.38 bits per heavy atom. The fourth-order valence-electron chi connectivity index (χ4n) is 2.92. The van der Waals surface area contributed by atoms with Crippen LogP contribution in [0.3, 0.4) is 0 Å². The van der Waals surface area contributed by atoms with Crippen LogP contribution in [0.5, 0.6) is 0 Å². The van der Waals surface area contributed by atoms with Gasteiger partial charge in [-0.25, -0.2) is 13.6 Å². The van der Waals surface area contributed by atoms with Crippen molar-refractivity contribution >= 4 is 12.0 Å². The zero-order valence-corrected chi connectivity index (χ0v) is 14.1. The molecule has 1 aromatic rings. The summed E-state index contributed by atoms with van der Waals surface area (Å²) >= 11 is 0. The van der Waals surface area contributed by atoms with Gasteiger partial charge in [0.25, 0.3) is 0 Å². The number of carboxylic acid groups (broad SMARTS) is 1. The van der Waals surface area contributed by atoms with Crippen molar-refractivity contribution in [3.63, 3.8) is 0 Å². The molecule has 1 aliphatic heterocycles. The van der Waals surface area contributed by atoms with Crippen molar-refractivity contribution in [1.82, 2.24) is 5.32 Å². The van der Waals surface area contributed by atoms with Crippen LogP contribution in [-0.4, -0.2) is 58.8 Å². The van der Waals surface area contributed by atoms with E-state index in [1.54, 1.807) is 6.08 Å². The number of hydrogen-bond acceptors (Lipinski definition) is 5. The highest BCUT2D eigenvalue weighted by Crippen LogP contribution is 2.23. The summed E-state index contributed by atoms with van der Waals surface area (Å²) in [5.41, 5.74) is 0.130. The smallest absolute Gasteiger partial charge is 0.332 e. The molecule has 0 saturated carbocycles. The number of aliphatic hydroxyl groups is 2. The van der Waals surface area contributed by atoms with Gasteiger partial charge in [0.05, 0.1) is 18.8 Å². The molecule has 1 saturated heterocycles. The van der Waals surface area contributed by atoms with Crippen LogP contribution in [0.15, 0.2) is 24.3 Å². The van der Waals surface area contributed by atoms with Crippen molar-refractivity contribution in [3.05, 3.63) is 41.5 Å². The first-order chi connectivity index (χ1) is 12.4. The summed E-state index contributed by atoms with van der Waals surface area (Å²) in [6, 6.07) is 2.96. The third kappa shape index (κ3) is 5.84. The molecule has 1 aliphatic rings. The molecular formula is C18H23F2NO5. The van der Waals surface area contributed by atoms with Crippen molar-refractivity contribution in [3.8, 4) is 0 Å². The van der Waals surface area contributed by atoms with E-state index >= 15 is 0 Å². The average molecular weight is 371 g/mol. The fourth-order valence-corrected chi connectivity index (χ4v) is 2.92. The summed E-state index contributed by atoms with van der Waals surface area (Å²) in [6.07, 6.45) is 1.48. The van der Waals surface area contributed by atoms with Crippen molar-refractivity contribution in [2.75, 3.05) is 13.2 Å². The van der Waals surface area contributed by atoms with Gasteiger partial charge in [-0.2, -0.15) is 0 Å². The molecular weight excluding hydrogens is 348 g/mol. The van der Waals surface area contributed by atoms with Gasteiger partial charge in [-0.15, -0.1) is 0 Å². The molecule has 26 heavy (non-hydrogen) atoms. The predicted molar refractivity (Wildman–Crippen MR) is 90.4 cm³/mol. The number of nitrogens with one attached hydrogen (secondary N) is 1. The Hall–Kier alpha value is -1.87. The van der Waals surface area contributed by atoms with E-state index in [4.69, 9.17) is 14.9 Å². The molecule has 1 aromatic carbocycles. The molecule has 4 atom stereocenters. The van der Waals surface area contributed by atoms with Gasteiger partial charge in [-0.05, 0) is 31.0 Å². The topological polar surface area (TPSA) is 99.0 Å². The molecule has 144 valence electrons. The van der Waals surface area contributed by atoms with Crippen molar-refractivity contribution in [2.24, 2.45) is 0 Å². The lowest BCUT2D eigenvalue weighted by Crippen LogP contribution is -2.50. The number of ether oxygens (including phenoxy) is 1. The molecule has 6 nitrogen and oxygen atoms in total. The standard InChI is InChI=1S/C18H23F2NO5/c19-12-3-4-14(20)11(8-12)2-1-7-21-15-5-6-16(18(24)25)26-17(15)9-13(23)10-22/h1-4,8,13,15-17,21-23H,5-7,9-10H2,(H,24,25)/b2-1+/t13-,15+,16-,17+/m0/s1. The monoisotopic (exact) mass is 371 g/mol. The molecule has 4 N–H and O–H groups in total. The molecule has 0 aliphatic carbocycles. The van der Waals surface area contributed by atoms with Gasteiger partial charge in [0.2, 0.25) is 0 Å². The lowest BCUT2D eigenvalue weighted by atomic mass is 9.94. The summed E-state index contributed by atoms with van der Waals surface area (Å²) < 4.78 is 32.2. The summed E-state index contributed by atoms with van der Waals surface area (Å²) in [7, 11) is 0. The van der Waals surface area contributed by atoms with E-state index in [1.807, 2.05) is 0 Å². The summed E-state index contributed by atoms with van der Waals surface area (Å²) in [5.74, 6) is -2.12. The first kappa shape index (κ1) is 20.4. The molecule has 0 radical (unpaired) electrons. The van der Waals surface area contributed by atoms with E-state index in [9.17, 15) is 18.7 Å². The Kier molecular flexibility index (Phi) is 7.65. The Labute approximate surface area is 150 Å². The molecule has 0 amide bonds. The van der Waals surface area contributed by atoms with E-state index in [-0.39, 0.29) is 18.0 Å². The van der Waals surface area contributed by atoms with Gasteiger partial charge in [0.15, 0.2) is 6.10 Å². The number of carbonyl (C=O) groups is 1. The third-order valence-electron chi connectivity index (χ3n) is 4.27. The number of carboxylic acids is 1. The lowest BCUT2D eigenvalue weighted by Gasteiger charge is -2.36. The summed E-state index contributed by atoms with van der Waals surface area (Å²) in [5, 5.41) is 30.9. The highest BCUT2D eigenvalue weighted by Gasteiger charge is 2.35. The van der Waals surface area contributed by atoms with Gasteiger partial charge in [-0.3, -0.25) is 0 Å². The second kappa shape index (κ2) is 9.72. The molecule has 0 unspecified atom stereocenters. The van der Waals surface area contributed by atoms with Gasteiger partial charge in [-0.1, -0.05) is 12.2 Å². The fraction of sp³-hybridized carbons (Fsp3) is 0.500. The minimum Gasteiger partial charge on any atom is -0.479 e. The number of aliphatic carboxylic acids is 1. The number of aliphatic hydroxyl groups excluding tert-OH is 2. The molecule has 1 fully saturated rings. The number of halogens is 2. The molecule has 8 heteroatoms. The third-order valence-corrected chi connectivity index (χ3v) is 4.27. The number of benzene rings is 1. The van der Waals surface area contributed by atoms with Gasteiger partial charge < -0.3 is 25.4 Å². The van der Waals surface area contributed by atoms with Gasteiger partial charge >= 0.3 is 5.97 Å². The van der Waals surface area contributed by atoms with Crippen molar-refractivity contribution in [2.45, 2.75) is 43.6 Å². The zero-order valence-electron chi connectivity index (χ0n) is 14.1. The lowest BCUT2D eigenvalue weighted by molar-refractivity contribution is -0.163. The SMILES string of the molecule is O=C(O)[C@@H]1CC[C@@H](NC/C=C/c2cc(F)ccc2F)[C@@H](C[C@H](O)CO)O1. The normalized spacial score (nSPS) is 24.7. The first-order valence-electron chi connectivity index (χ1n) is 8.43. The maximum atomic E-state index is 13.5. The van der Waals surface area contributed by atoms with Crippen LogP contribution in [0.1, 0.15) is 24.8 Å². The van der Waals surface area contributed by atoms with Crippen LogP contribution in [-0.2, 0) is 9.53 Å². The minimum atomic E-state index is -1.06. The van der Waals surface area contributed by atoms with Crippen LogP contribution in [0.4, 0.5) is 8.78 Å². The second-order valence-electron chi connectivity index (χ2n) is 6.23. The first-order valence-corrected chi connectivity index (χ1v) is 8.43. The maximum Gasteiger partial charge on any atom is 0.332 e. The Morgan fingerprint density at radius 3 is 2.85 bits per heavy atom. The molecule has 1 heterocycles. The van der Waals surface area contributed by atoms with Crippen LogP contribution >= 0.6 is 0 Å². The second-order valence-corrected chi connectivity index (χ2v) is 6.23. The predicted octanol–water partition coefficient (Wildman–Crippen LogP) is 1.31. The molecule has 0 bridgehead atoms. The number of hydrogen-bond donors (Lipinski definition) is 4.